The van der Waals surface area contributed by atoms with Crippen LogP contribution in [0.4, 0.5) is 5.69 Å². The Kier molecular flexibility index (Phi) is 5.16. The lowest BCUT2D eigenvalue weighted by atomic mass is 9.79. The van der Waals surface area contributed by atoms with E-state index in [9.17, 15) is 4.79 Å². The van der Waals surface area contributed by atoms with Crippen molar-refractivity contribution in [3.8, 4) is 0 Å². The van der Waals surface area contributed by atoms with Crippen LogP contribution in [0.25, 0.3) is 0 Å². The van der Waals surface area contributed by atoms with Crippen LogP contribution in [0.3, 0.4) is 0 Å². The number of carbonyl (C=O) groups excluding carboxylic acids is 1. The van der Waals surface area contributed by atoms with E-state index in [0.717, 1.165) is 31.4 Å². The first-order valence-corrected chi connectivity index (χ1v) is 11.3. The van der Waals surface area contributed by atoms with E-state index < -0.39 is 0 Å². The minimum atomic E-state index is -0.303. The SMILES string of the molecule is O=C1N(Cc2ccccc2)c2ccccc2[C@]12CC[C@H](CCCc1ccccc1)C2. The first kappa shape index (κ1) is 19.1. The fourth-order valence-corrected chi connectivity index (χ4v) is 5.59. The molecule has 1 aliphatic carbocycles. The quantitative estimate of drug-likeness (QED) is 0.480. The van der Waals surface area contributed by atoms with Crippen LogP contribution in [0.15, 0.2) is 84.9 Å². The highest BCUT2D eigenvalue weighted by atomic mass is 16.2. The number of amides is 1. The van der Waals surface area contributed by atoms with Crippen molar-refractivity contribution in [2.24, 2.45) is 5.92 Å². The highest BCUT2D eigenvalue weighted by molar-refractivity contribution is 6.08. The van der Waals surface area contributed by atoms with Crippen molar-refractivity contribution in [1.82, 2.24) is 0 Å². The van der Waals surface area contributed by atoms with Crippen LogP contribution in [-0.2, 0) is 23.2 Å². The fraction of sp³-hybridized carbons (Fsp3) is 0.321. The van der Waals surface area contributed by atoms with E-state index >= 15 is 0 Å². The molecule has 5 rings (SSSR count). The summed E-state index contributed by atoms with van der Waals surface area (Å²) in [4.78, 5) is 15.8. The van der Waals surface area contributed by atoms with Gasteiger partial charge in [-0.1, -0.05) is 85.3 Å². The molecule has 1 spiro atoms. The standard InChI is InChI=1S/C28H29NO/c30-27-28(19-18-23(20-28)15-9-14-22-10-3-1-4-11-22)25-16-7-8-17-26(25)29(27)21-24-12-5-2-6-13-24/h1-8,10-13,16-17,23H,9,14-15,18-21H2/t23-,28+/m0/s1. The van der Waals surface area contributed by atoms with Gasteiger partial charge in [0, 0.05) is 5.69 Å². The summed E-state index contributed by atoms with van der Waals surface area (Å²) in [6.07, 6.45) is 6.70. The molecule has 152 valence electrons. The number of para-hydroxylation sites is 1. The summed E-state index contributed by atoms with van der Waals surface area (Å²) in [6.45, 7) is 0.664. The maximum atomic E-state index is 13.8. The number of nitrogens with zero attached hydrogens (tertiary/aromatic N) is 1. The summed E-state index contributed by atoms with van der Waals surface area (Å²) in [5, 5.41) is 0. The number of carbonyl (C=O) groups is 1. The Morgan fingerprint density at radius 1 is 0.833 bits per heavy atom. The largest absolute Gasteiger partial charge is 0.307 e. The zero-order chi connectivity index (χ0) is 20.4. The number of rotatable bonds is 6. The second kappa shape index (κ2) is 8.10. The Hall–Kier alpha value is -2.87. The molecule has 3 aromatic carbocycles. The zero-order valence-electron chi connectivity index (χ0n) is 17.5. The normalized spacial score (nSPS) is 22.6. The van der Waals surface area contributed by atoms with Gasteiger partial charge in [0.2, 0.25) is 5.91 Å². The molecule has 0 aromatic heterocycles. The van der Waals surface area contributed by atoms with Crippen LogP contribution in [0.1, 0.15) is 48.8 Å². The molecule has 3 aromatic rings. The summed E-state index contributed by atoms with van der Waals surface area (Å²) < 4.78 is 0. The molecule has 1 fully saturated rings. The average Bonchev–Trinajstić information content (AvgIpc) is 3.32. The smallest absolute Gasteiger partial charge is 0.238 e. The van der Waals surface area contributed by atoms with Gasteiger partial charge in [-0.3, -0.25) is 4.79 Å². The van der Waals surface area contributed by atoms with Crippen molar-refractivity contribution in [1.29, 1.82) is 0 Å². The summed E-state index contributed by atoms with van der Waals surface area (Å²) in [6, 6.07) is 29.6. The van der Waals surface area contributed by atoms with Crippen molar-refractivity contribution < 1.29 is 4.79 Å². The lowest BCUT2D eigenvalue weighted by molar-refractivity contribution is -0.123. The van der Waals surface area contributed by atoms with Crippen LogP contribution >= 0.6 is 0 Å². The number of aryl methyl sites for hydroxylation is 1. The Morgan fingerprint density at radius 2 is 1.50 bits per heavy atom. The zero-order valence-corrected chi connectivity index (χ0v) is 17.5. The monoisotopic (exact) mass is 395 g/mol. The number of hydrogen-bond acceptors (Lipinski definition) is 1. The maximum absolute atomic E-state index is 13.8. The van der Waals surface area contributed by atoms with Crippen molar-refractivity contribution >= 4 is 11.6 Å². The topological polar surface area (TPSA) is 20.3 Å². The summed E-state index contributed by atoms with van der Waals surface area (Å²) >= 11 is 0. The van der Waals surface area contributed by atoms with Crippen LogP contribution in [0.5, 0.6) is 0 Å². The van der Waals surface area contributed by atoms with Gasteiger partial charge in [0.1, 0.15) is 0 Å². The molecular formula is C28H29NO. The second-order valence-corrected chi connectivity index (χ2v) is 8.96. The number of fused-ring (bicyclic) bond motifs is 2. The van der Waals surface area contributed by atoms with Gasteiger partial charge in [-0.2, -0.15) is 0 Å². The third kappa shape index (κ3) is 3.45. The minimum Gasteiger partial charge on any atom is -0.307 e. The maximum Gasteiger partial charge on any atom is 0.238 e. The molecule has 1 amide bonds. The highest BCUT2D eigenvalue weighted by Gasteiger charge is 2.54. The van der Waals surface area contributed by atoms with Gasteiger partial charge >= 0.3 is 0 Å². The van der Waals surface area contributed by atoms with E-state index in [4.69, 9.17) is 0 Å². The molecular weight excluding hydrogens is 366 g/mol. The van der Waals surface area contributed by atoms with E-state index in [0.29, 0.717) is 18.4 Å². The Labute approximate surface area is 179 Å². The number of hydrogen-bond donors (Lipinski definition) is 0. The average molecular weight is 396 g/mol. The van der Waals surface area contributed by atoms with Gasteiger partial charge in [-0.25, -0.2) is 0 Å². The minimum absolute atomic E-state index is 0.303. The number of benzene rings is 3. The van der Waals surface area contributed by atoms with Gasteiger partial charge in [0.15, 0.2) is 0 Å². The van der Waals surface area contributed by atoms with Crippen molar-refractivity contribution in [2.75, 3.05) is 4.90 Å². The van der Waals surface area contributed by atoms with Crippen molar-refractivity contribution in [2.45, 2.75) is 50.5 Å². The lowest BCUT2D eigenvalue weighted by Gasteiger charge is -2.24. The molecule has 2 heteroatoms. The van der Waals surface area contributed by atoms with Gasteiger partial charge < -0.3 is 4.90 Å². The molecule has 1 heterocycles. The molecule has 2 aliphatic rings. The third-order valence-corrected chi connectivity index (χ3v) is 7.09. The highest BCUT2D eigenvalue weighted by Crippen LogP contribution is 2.54. The van der Waals surface area contributed by atoms with Crippen LogP contribution < -0.4 is 4.90 Å². The molecule has 30 heavy (non-hydrogen) atoms. The Bertz CT molecular complexity index is 1010. The van der Waals surface area contributed by atoms with E-state index in [-0.39, 0.29) is 5.41 Å². The fourth-order valence-electron chi connectivity index (χ4n) is 5.59. The van der Waals surface area contributed by atoms with E-state index in [1.165, 1.54) is 29.5 Å². The molecule has 0 N–H and O–H groups in total. The molecule has 0 radical (unpaired) electrons. The third-order valence-electron chi connectivity index (χ3n) is 7.09. The molecule has 0 saturated heterocycles. The van der Waals surface area contributed by atoms with Crippen molar-refractivity contribution in [3.05, 3.63) is 102 Å². The Balaban J connectivity index is 1.32. The predicted octanol–water partition coefficient (Wildman–Crippen LogP) is 6.29. The molecule has 1 saturated carbocycles. The molecule has 1 aliphatic heterocycles. The van der Waals surface area contributed by atoms with Gasteiger partial charge in [0.25, 0.3) is 0 Å². The first-order chi connectivity index (χ1) is 14.8. The second-order valence-electron chi connectivity index (χ2n) is 8.96. The summed E-state index contributed by atoms with van der Waals surface area (Å²) in [5.74, 6) is 0.959. The lowest BCUT2D eigenvalue weighted by Crippen LogP contribution is -2.38. The van der Waals surface area contributed by atoms with E-state index in [1.807, 2.05) is 11.0 Å². The molecule has 2 atom stereocenters. The predicted molar refractivity (Wildman–Crippen MR) is 122 cm³/mol. The summed E-state index contributed by atoms with van der Waals surface area (Å²) in [7, 11) is 0. The molecule has 0 bridgehead atoms. The van der Waals surface area contributed by atoms with Crippen LogP contribution in [0.2, 0.25) is 0 Å². The first-order valence-electron chi connectivity index (χ1n) is 11.3. The van der Waals surface area contributed by atoms with Crippen molar-refractivity contribution in [3.63, 3.8) is 0 Å². The van der Waals surface area contributed by atoms with E-state index in [1.54, 1.807) is 0 Å². The van der Waals surface area contributed by atoms with Crippen LogP contribution in [0, 0.1) is 5.92 Å². The number of anilines is 1. The van der Waals surface area contributed by atoms with Crippen LogP contribution in [-0.4, -0.2) is 5.91 Å². The Morgan fingerprint density at radius 3 is 2.27 bits per heavy atom. The van der Waals surface area contributed by atoms with Gasteiger partial charge in [0.05, 0.1) is 12.0 Å². The molecule has 0 unspecified atom stereocenters. The van der Waals surface area contributed by atoms with E-state index in [2.05, 4.69) is 78.9 Å². The summed E-state index contributed by atoms with van der Waals surface area (Å²) in [5.41, 5.74) is 4.69. The van der Waals surface area contributed by atoms with Gasteiger partial charge in [-0.15, -0.1) is 0 Å². The van der Waals surface area contributed by atoms with Gasteiger partial charge in [-0.05, 0) is 60.8 Å². The molecule has 2 nitrogen and oxygen atoms in total.